The Morgan fingerprint density at radius 1 is 1.00 bits per heavy atom. The van der Waals surface area contributed by atoms with Crippen molar-refractivity contribution in [3.8, 4) is 11.1 Å². The first kappa shape index (κ1) is 19.1. The van der Waals surface area contributed by atoms with Gasteiger partial charge in [-0.05, 0) is 56.8 Å². The molecule has 0 saturated heterocycles. The number of nitrogens with one attached hydrogen (secondary N) is 2. The summed E-state index contributed by atoms with van der Waals surface area (Å²) in [6.45, 7) is 1.45. The highest BCUT2D eigenvalue weighted by Gasteiger charge is 2.12. The van der Waals surface area contributed by atoms with E-state index in [9.17, 15) is 0 Å². The van der Waals surface area contributed by atoms with Crippen LogP contribution in [-0.4, -0.2) is 22.6 Å². The van der Waals surface area contributed by atoms with Gasteiger partial charge in [-0.3, -0.25) is 0 Å². The van der Waals surface area contributed by atoms with Crippen LogP contribution >= 0.6 is 27.5 Å². The predicted molar refractivity (Wildman–Crippen MR) is 121 cm³/mol. The van der Waals surface area contributed by atoms with Gasteiger partial charge in [-0.15, -0.1) is 0 Å². The molecular weight excluding hydrogens is 434 g/mol. The zero-order chi connectivity index (χ0) is 19.3. The number of hydrogen-bond acceptors (Lipinski definition) is 5. The third-order valence-corrected chi connectivity index (χ3v) is 6.04. The molecule has 6 heteroatoms. The topological polar surface area (TPSA) is 57.2 Å². The van der Waals surface area contributed by atoms with Crippen LogP contribution in [0, 0.1) is 0 Å². The molecule has 0 aliphatic heterocycles. The van der Waals surface area contributed by atoms with Gasteiger partial charge in [-0.2, -0.15) is 4.37 Å². The standard InChI is InChI=1S/C22H20BrN3OS/c23-19-13-15(14-24-11-12-27)9-10-20(19)25-22-18-8-4-7-17(21(18)28-26-22)16-5-2-1-3-6-16/h1-10,13,24,27H,11-12,14H2,(H,25,26). The lowest BCUT2D eigenvalue weighted by atomic mass is 10.0. The van der Waals surface area contributed by atoms with E-state index in [4.69, 9.17) is 5.11 Å². The molecular formula is C22H20BrN3OS. The predicted octanol–water partition coefficient (Wildman–Crippen LogP) is 5.55. The fourth-order valence-corrected chi connectivity index (χ4v) is 4.51. The lowest BCUT2D eigenvalue weighted by molar-refractivity contribution is 0.292. The second-order valence-electron chi connectivity index (χ2n) is 6.42. The number of rotatable bonds is 7. The van der Waals surface area contributed by atoms with Crippen LogP contribution < -0.4 is 10.6 Å². The summed E-state index contributed by atoms with van der Waals surface area (Å²) >= 11 is 5.17. The first-order valence-corrected chi connectivity index (χ1v) is 10.6. The number of aliphatic hydroxyl groups is 1. The Morgan fingerprint density at radius 3 is 2.64 bits per heavy atom. The molecule has 0 atom stereocenters. The molecule has 28 heavy (non-hydrogen) atoms. The number of hydrogen-bond donors (Lipinski definition) is 3. The number of nitrogens with zero attached hydrogens (tertiary/aromatic N) is 1. The number of anilines is 2. The molecule has 1 heterocycles. The Hall–Kier alpha value is -2.25. The Morgan fingerprint density at radius 2 is 1.86 bits per heavy atom. The molecule has 4 rings (SSSR count). The first-order valence-electron chi connectivity index (χ1n) is 9.07. The molecule has 142 valence electrons. The van der Waals surface area contributed by atoms with Gasteiger partial charge in [0.2, 0.25) is 0 Å². The average molecular weight is 454 g/mol. The molecule has 0 aliphatic rings. The van der Waals surface area contributed by atoms with Gasteiger partial charge < -0.3 is 15.7 Å². The summed E-state index contributed by atoms with van der Waals surface area (Å²) in [6.07, 6.45) is 0. The maximum absolute atomic E-state index is 8.88. The van der Waals surface area contributed by atoms with Crippen molar-refractivity contribution >= 4 is 49.1 Å². The molecule has 0 unspecified atom stereocenters. The summed E-state index contributed by atoms with van der Waals surface area (Å²) in [5, 5.41) is 16.6. The maximum Gasteiger partial charge on any atom is 0.152 e. The minimum absolute atomic E-state index is 0.142. The molecule has 0 bridgehead atoms. The van der Waals surface area contributed by atoms with Crippen LogP contribution in [0.15, 0.2) is 71.2 Å². The minimum atomic E-state index is 0.142. The molecule has 3 N–H and O–H groups in total. The molecule has 1 aromatic heterocycles. The van der Waals surface area contributed by atoms with E-state index < -0.39 is 0 Å². The quantitative estimate of drug-likeness (QED) is 0.321. The summed E-state index contributed by atoms with van der Waals surface area (Å²) < 4.78 is 6.83. The summed E-state index contributed by atoms with van der Waals surface area (Å²) in [6, 6.07) is 22.9. The molecule has 4 aromatic rings. The number of halogens is 1. The summed E-state index contributed by atoms with van der Waals surface area (Å²) in [5.74, 6) is 0.865. The summed E-state index contributed by atoms with van der Waals surface area (Å²) in [5.41, 5.74) is 4.53. The SMILES string of the molecule is OCCNCc1ccc(Nc2nsc3c(-c4ccccc4)cccc23)c(Br)c1. The third-order valence-electron chi connectivity index (χ3n) is 4.49. The van der Waals surface area contributed by atoms with Gasteiger partial charge >= 0.3 is 0 Å². The number of fused-ring (bicyclic) bond motifs is 1. The van der Waals surface area contributed by atoms with E-state index in [0.717, 1.165) is 33.5 Å². The summed E-state index contributed by atoms with van der Waals surface area (Å²) in [4.78, 5) is 0. The van der Waals surface area contributed by atoms with Crippen molar-refractivity contribution in [3.05, 3.63) is 76.8 Å². The zero-order valence-electron chi connectivity index (χ0n) is 15.2. The Bertz CT molecular complexity index is 1080. The van der Waals surface area contributed by atoms with Crippen molar-refractivity contribution in [2.24, 2.45) is 0 Å². The third kappa shape index (κ3) is 4.10. The highest BCUT2D eigenvalue weighted by Crippen LogP contribution is 2.37. The van der Waals surface area contributed by atoms with Crippen LogP contribution in [0.5, 0.6) is 0 Å². The number of aliphatic hydroxyl groups excluding tert-OH is 1. The maximum atomic E-state index is 8.88. The molecule has 4 nitrogen and oxygen atoms in total. The first-order chi connectivity index (χ1) is 13.8. The lowest BCUT2D eigenvalue weighted by Crippen LogP contribution is -2.17. The monoisotopic (exact) mass is 453 g/mol. The van der Waals surface area contributed by atoms with Gasteiger partial charge in [0, 0.05) is 28.5 Å². The smallest absolute Gasteiger partial charge is 0.152 e. The normalized spacial score (nSPS) is 11.1. The zero-order valence-corrected chi connectivity index (χ0v) is 17.6. The highest BCUT2D eigenvalue weighted by atomic mass is 79.9. The second kappa shape index (κ2) is 8.84. The van der Waals surface area contributed by atoms with Gasteiger partial charge in [-0.1, -0.05) is 48.5 Å². The van der Waals surface area contributed by atoms with E-state index in [1.165, 1.54) is 27.4 Å². The van der Waals surface area contributed by atoms with Crippen LogP contribution in [0.4, 0.5) is 11.5 Å². The number of benzene rings is 3. The molecule has 0 saturated carbocycles. The Balaban J connectivity index is 1.61. The highest BCUT2D eigenvalue weighted by molar-refractivity contribution is 9.10. The van der Waals surface area contributed by atoms with Crippen LogP contribution in [-0.2, 0) is 6.54 Å². The van der Waals surface area contributed by atoms with Crippen molar-refractivity contribution in [2.75, 3.05) is 18.5 Å². The van der Waals surface area contributed by atoms with Crippen molar-refractivity contribution in [2.45, 2.75) is 6.54 Å². The fraction of sp³-hybridized carbons (Fsp3) is 0.136. The van der Waals surface area contributed by atoms with Crippen LogP contribution in [0.25, 0.3) is 21.2 Å². The molecule has 0 fully saturated rings. The average Bonchev–Trinajstić information content (AvgIpc) is 3.14. The largest absolute Gasteiger partial charge is 0.395 e. The van der Waals surface area contributed by atoms with E-state index >= 15 is 0 Å². The lowest BCUT2D eigenvalue weighted by Gasteiger charge is -2.10. The Labute approximate surface area is 176 Å². The molecule has 0 amide bonds. The van der Waals surface area contributed by atoms with Crippen molar-refractivity contribution < 1.29 is 5.11 Å². The van der Waals surface area contributed by atoms with Crippen LogP contribution in [0.1, 0.15) is 5.56 Å². The van der Waals surface area contributed by atoms with Gasteiger partial charge in [0.15, 0.2) is 5.82 Å². The van der Waals surface area contributed by atoms with Gasteiger partial charge in [0.25, 0.3) is 0 Å². The number of aromatic nitrogens is 1. The molecule has 3 aromatic carbocycles. The van der Waals surface area contributed by atoms with Gasteiger partial charge in [0.05, 0.1) is 17.0 Å². The second-order valence-corrected chi connectivity index (χ2v) is 8.05. The van der Waals surface area contributed by atoms with Crippen molar-refractivity contribution in [3.63, 3.8) is 0 Å². The van der Waals surface area contributed by atoms with E-state index in [0.29, 0.717) is 6.54 Å². The molecule has 0 aliphatic carbocycles. The van der Waals surface area contributed by atoms with E-state index in [1.54, 1.807) is 0 Å². The molecule has 0 radical (unpaired) electrons. The van der Waals surface area contributed by atoms with Crippen molar-refractivity contribution in [1.29, 1.82) is 0 Å². The fourth-order valence-electron chi connectivity index (χ4n) is 3.11. The van der Waals surface area contributed by atoms with E-state index in [2.05, 4.69) is 85.5 Å². The minimum Gasteiger partial charge on any atom is -0.395 e. The van der Waals surface area contributed by atoms with Gasteiger partial charge in [-0.25, -0.2) is 0 Å². The van der Waals surface area contributed by atoms with Crippen LogP contribution in [0.3, 0.4) is 0 Å². The van der Waals surface area contributed by atoms with Crippen molar-refractivity contribution in [1.82, 2.24) is 9.69 Å². The van der Waals surface area contributed by atoms with Crippen LogP contribution in [0.2, 0.25) is 0 Å². The van der Waals surface area contributed by atoms with Gasteiger partial charge in [0.1, 0.15) is 0 Å². The molecule has 0 spiro atoms. The van der Waals surface area contributed by atoms with E-state index in [-0.39, 0.29) is 6.61 Å². The Kier molecular flexibility index (Phi) is 6.02. The van der Waals surface area contributed by atoms with E-state index in [1.807, 2.05) is 12.1 Å². The summed E-state index contributed by atoms with van der Waals surface area (Å²) in [7, 11) is 0.